The molecule has 0 saturated heterocycles. The molecule has 0 aliphatic carbocycles. The maximum absolute atomic E-state index is 11.9. The van der Waals surface area contributed by atoms with Crippen LogP contribution in [0.5, 0.6) is 0 Å². The molecule has 0 aliphatic rings. The Morgan fingerprint density at radius 1 is 1.29 bits per heavy atom. The van der Waals surface area contributed by atoms with Crippen LogP contribution < -0.4 is 4.87 Å². The third kappa shape index (κ3) is 2.71. The molecule has 2 rings (SSSR count). The van der Waals surface area contributed by atoms with E-state index in [1.54, 1.807) is 16.7 Å². The zero-order valence-electron chi connectivity index (χ0n) is 9.55. The first-order valence-corrected chi connectivity index (χ1v) is 6.29. The minimum absolute atomic E-state index is 0.00311. The van der Waals surface area contributed by atoms with E-state index in [0.29, 0.717) is 18.5 Å². The first kappa shape index (κ1) is 11.8. The van der Waals surface area contributed by atoms with E-state index in [4.69, 9.17) is 0 Å². The van der Waals surface area contributed by atoms with Gasteiger partial charge >= 0.3 is 4.87 Å². The summed E-state index contributed by atoms with van der Waals surface area (Å²) in [6, 6.07) is 9.16. The number of carbonyl (C=O) groups excluding carboxylic acids is 1. The second-order valence-corrected chi connectivity index (χ2v) is 4.65. The van der Waals surface area contributed by atoms with Crippen molar-refractivity contribution >= 4 is 17.1 Å². The summed E-state index contributed by atoms with van der Waals surface area (Å²) in [6.07, 6.45) is 0.363. The fourth-order valence-electron chi connectivity index (χ4n) is 1.66. The molecule has 1 aromatic heterocycles. The maximum atomic E-state index is 11.9. The van der Waals surface area contributed by atoms with Gasteiger partial charge < -0.3 is 4.57 Å². The first-order valence-electron chi connectivity index (χ1n) is 5.41. The standard InChI is InChI=1S/C13H13NO2S/c1-10-9-17-13(16)14(10)8-7-12(15)11-5-3-2-4-6-11/h2-6,9H,7-8H2,1H3. The summed E-state index contributed by atoms with van der Waals surface area (Å²) in [5.74, 6) is 0.0723. The van der Waals surface area contributed by atoms with Gasteiger partial charge in [0.1, 0.15) is 0 Å². The largest absolute Gasteiger partial charge is 0.307 e. The van der Waals surface area contributed by atoms with Gasteiger partial charge in [-0.2, -0.15) is 0 Å². The number of Topliss-reactive ketones (excluding diaryl/α,β-unsaturated/α-hetero) is 1. The van der Waals surface area contributed by atoms with Crippen molar-refractivity contribution in [2.45, 2.75) is 19.9 Å². The van der Waals surface area contributed by atoms with Crippen LogP contribution in [0.15, 0.2) is 40.5 Å². The lowest BCUT2D eigenvalue weighted by molar-refractivity contribution is 0.0977. The van der Waals surface area contributed by atoms with E-state index in [0.717, 1.165) is 5.69 Å². The number of hydrogen-bond donors (Lipinski definition) is 0. The van der Waals surface area contributed by atoms with Gasteiger partial charge in [-0.25, -0.2) is 0 Å². The highest BCUT2D eigenvalue weighted by Gasteiger charge is 2.07. The number of benzene rings is 1. The van der Waals surface area contributed by atoms with Gasteiger partial charge in [0.2, 0.25) is 0 Å². The Hall–Kier alpha value is -1.68. The molecule has 1 heterocycles. The zero-order chi connectivity index (χ0) is 12.3. The Labute approximate surface area is 103 Å². The molecule has 0 fully saturated rings. The molecule has 3 nitrogen and oxygen atoms in total. The molecule has 0 spiro atoms. The van der Waals surface area contributed by atoms with Crippen LogP contribution in [0.25, 0.3) is 0 Å². The fraction of sp³-hybridized carbons (Fsp3) is 0.231. The van der Waals surface area contributed by atoms with Crippen LogP contribution in [-0.2, 0) is 6.54 Å². The summed E-state index contributed by atoms with van der Waals surface area (Å²) in [5, 5.41) is 1.81. The number of nitrogens with zero attached hydrogens (tertiary/aromatic N) is 1. The average Bonchev–Trinajstić information content (AvgIpc) is 2.67. The summed E-state index contributed by atoms with van der Waals surface area (Å²) in [6.45, 7) is 2.34. The Morgan fingerprint density at radius 3 is 2.59 bits per heavy atom. The summed E-state index contributed by atoms with van der Waals surface area (Å²) in [4.78, 5) is 23.3. The quantitative estimate of drug-likeness (QED) is 0.779. The van der Waals surface area contributed by atoms with Crippen molar-refractivity contribution in [3.63, 3.8) is 0 Å². The number of aryl methyl sites for hydroxylation is 1. The van der Waals surface area contributed by atoms with Crippen molar-refractivity contribution in [3.05, 3.63) is 56.6 Å². The lowest BCUT2D eigenvalue weighted by Crippen LogP contribution is -2.16. The molecule has 0 aliphatic heterocycles. The lowest BCUT2D eigenvalue weighted by atomic mass is 10.1. The number of hydrogen-bond acceptors (Lipinski definition) is 3. The third-order valence-electron chi connectivity index (χ3n) is 2.63. The van der Waals surface area contributed by atoms with Gasteiger partial charge in [0.15, 0.2) is 5.78 Å². The molecule has 0 atom stereocenters. The molecule has 0 amide bonds. The Balaban J connectivity index is 2.05. The second-order valence-electron chi connectivity index (χ2n) is 3.83. The van der Waals surface area contributed by atoms with Crippen molar-refractivity contribution in [3.8, 4) is 0 Å². The number of aromatic nitrogens is 1. The monoisotopic (exact) mass is 247 g/mol. The zero-order valence-corrected chi connectivity index (χ0v) is 10.4. The van der Waals surface area contributed by atoms with E-state index < -0.39 is 0 Å². The molecule has 0 N–H and O–H groups in total. The topological polar surface area (TPSA) is 39.1 Å². The molecule has 1 aromatic carbocycles. The van der Waals surface area contributed by atoms with Gasteiger partial charge in [-0.05, 0) is 6.92 Å². The Bertz CT molecular complexity index is 569. The van der Waals surface area contributed by atoms with Gasteiger partial charge in [0.25, 0.3) is 0 Å². The van der Waals surface area contributed by atoms with Gasteiger partial charge in [0.05, 0.1) is 0 Å². The maximum Gasteiger partial charge on any atom is 0.307 e. The fourth-order valence-corrected chi connectivity index (χ4v) is 2.42. The second kappa shape index (κ2) is 5.10. The van der Waals surface area contributed by atoms with E-state index in [-0.39, 0.29) is 10.7 Å². The van der Waals surface area contributed by atoms with Crippen molar-refractivity contribution < 1.29 is 4.79 Å². The molecule has 0 saturated carbocycles. The van der Waals surface area contributed by atoms with Crippen molar-refractivity contribution in [2.75, 3.05) is 0 Å². The van der Waals surface area contributed by atoms with Gasteiger partial charge in [-0.1, -0.05) is 41.7 Å². The van der Waals surface area contributed by atoms with E-state index in [9.17, 15) is 9.59 Å². The smallest absolute Gasteiger partial charge is 0.303 e. The molecule has 0 radical (unpaired) electrons. The first-order chi connectivity index (χ1) is 8.18. The molecular formula is C13H13NO2S. The molecule has 0 unspecified atom stereocenters. The van der Waals surface area contributed by atoms with E-state index in [1.165, 1.54) is 11.3 Å². The van der Waals surface area contributed by atoms with Crippen molar-refractivity contribution in [2.24, 2.45) is 0 Å². The lowest BCUT2D eigenvalue weighted by Gasteiger charge is -2.03. The van der Waals surface area contributed by atoms with Crippen LogP contribution in [-0.4, -0.2) is 10.4 Å². The van der Waals surface area contributed by atoms with Gasteiger partial charge in [0, 0.05) is 29.6 Å². The van der Waals surface area contributed by atoms with E-state index >= 15 is 0 Å². The molecular weight excluding hydrogens is 234 g/mol. The van der Waals surface area contributed by atoms with E-state index in [1.807, 2.05) is 30.5 Å². The van der Waals surface area contributed by atoms with Crippen LogP contribution in [0, 0.1) is 6.92 Å². The molecule has 2 aromatic rings. The summed E-state index contributed by atoms with van der Waals surface area (Å²) < 4.78 is 1.64. The average molecular weight is 247 g/mol. The van der Waals surface area contributed by atoms with Crippen LogP contribution in [0.2, 0.25) is 0 Å². The van der Waals surface area contributed by atoms with Crippen LogP contribution in [0.3, 0.4) is 0 Å². The normalized spacial score (nSPS) is 10.4. The molecule has 17 heavy (non-hydrogen) atoms. The van der Waals surface area contributed by atoms with Crippen LogP contribution in [0.1, 0.15) is 22.5 Å². The van der Waals surface area contributed by atoms with E-state index in [2.05, 4.69) is 0 Å². The van der Waals surface area contributed by atoms with Crippen molar-refractivity contribution in [1.82, 2.24) is 4.57 Å². The summed E-state index contributed by atoms with van der Waals surface area (Å²) >= 11 is 1.17. The number of carbonyl (C=O) groups is 1. The SMILES string of the molecule is Cc1csc(=O)n1CCC(=O)c1ccccc1. The van der Waals surface area contributed by atoms with Crippen LogP contribution in [0.4, 0.5) is 0 Å². The summed E-state index contributed by atoms with van der Waals surface area (Å²) in [5.41, 5.74) is 1.62. The predicted octanol–water partition coefficient (Wildman–Crippen LogP) is 2.49. The summed E-state index contributed by atoms with van der Waals surface area (Å²) in [7, 11) is 0. The predicted molar refractivity (Wildman–Crippen MR) is 68.7 cm³/mol. The highest BCUT2D eigenvalue weighted by Crippen LogP contribution is 2.06. The van der Waals surface area contributed by atoms with Crippen molar-refractivity contribution in [1.29, 1.82) is 0 Å². The molecule has 4 heteroatoms. The van der Waals surface area contributed by atoms with Crippen LogP contribution >= 0.6 is 11.3 Å². The number of rotatable bonds is 4. The minimum atomic E-state index is 0.00311. The Morgan fingerprint density at radius 2 is 2.00 bits per heavy atom. The highest BCUT2D eigenvalue weighted by atomic mass is 32.1. The minimum Gasteiger partial charge on any atom is -0.303 e. The van der Waals surface area contributed by atoms with Gasteiger partial charge in [-0.3, -0.25) is 9.59 Å². The molecule has 0 bridgehead atoms. The number of thiazole rings is 1. The Kier molecular flexibility index (Phi) is 3.54. The highest BCUT2D eigenvalue weighted by molar-refractivity contribution is 7.07. The number of ketones is 1. The third-order valence-corrected chi connectivity index (χ3v) is 3.52. The molecule has 88 valence electrons. The van der Waals surface area contributed by atoms with Gasteiger partial charge in [-0.15, -0.1) is 0 Å².